The molecular weight excluding hydrogens is 501 g/mol. The summed E-state index contributed by atoms with van der Waals surface area (Å²) in [5.41, 5.74) is 3.27. The van der Waals surface area contributed by atoms with Crippen LogP contribution in [0.5, 0.6) is 11.5 Å². The van der Waals surface area contributed by atoms with Crippen LogP contribution in [0.3, 0.4) is 0 Å². The Hall–Kier alpha value is -2.69. The van der Waals surface area contributed by atoms with E-state index in [2.05, 4.69) is 4.98 Å². The molecule has 0 spiro atoms. The van der Waals surface area contributed by atoms with Crippen LogP contribution >= 0.6 is 24.8 Å². The monoisotopic (exact) mass is 527 g/mol. The van der Waals surface area contributed by atoms with Crippen LogP contribution in [0.25, 0.3) is 21.5 Å². The van der Waals surface area contributed by atoms with Gasteiger partial charge in [0.05, 0.1) is 0 Å². The Balaban J connectivity index is 0.000000253. The second-order valence-electron chi connectivity index (χ2n) is 7.30. The molecule has 174 valence electrons. The molecule has 5 aromatic rings. The maximum absolute atomic E-state index is 9.55. The van der Waals surface area contributed by atoms with Gasteiger partial charge in [0.25, 0.3) is 0 Å². The van der Waals surface area contributed by atoms with E-state index in [-0.39, 0.29) is 24.8 Å². The molecule has 3 nitrogen and oxygen atoms in total. The van der Waals surface area contributed by atoms with Crippen LogP contribution in [-0.2, 0) is 20.0 Å². The number of aromatic nitrogens is 1. The van der Waals surface area contributed by atoms with Crippen LogP contribution in [0.15, 0.2) is 97.2 Å². The normalized spacial score (nSPS) is 9.32. The summed E-state index contributed by atoms with van der Waals surface area (Å²) >= 11 is 1.97. The summed E-state index contributed by atoms with van der Waals surface area (Å²) in [4.78, 5) is 4.04. The first kappa shape index (κ1) is 29.3. The third kappa shape index (κ3) is 7.68. The van der Waals surface area contributed by atoms with Gasteiger partial charge in [-0.2, -0.15) is 0 Å². The van der Waals surface area contributed by atoms with Gasteiger partial charge < -0.3 is 10.2 Å². The number of aryl methyl sites for hydroxylation is 2. The fourth-order valence-electron chi connectivity index (χ4n) is 3.47. The molecule has 0 aliphatic heterocycles. The van der Waals surface area contributed by atoms with Crippen molar-refractivity contribution < 1.29 is 30.2 Å². The van der Waals surface area contributed by atoms with Gasteiger partial charge in [-0.1, -0.05) is 60.7 Å². The van der Waals surface area contributed by atoms with Crippen LogP contribution in [0.2, 0.25) is 0 Å². The molecule has 1 heterocycles. The van der Waals surface area contributed by atoms with Crippen LogP contribution in [0, 0.1) is 13.8 Å². The number of benzene rings is 4. The molecule has 1 aromatic heterocycles. The Morgan fingerprint density at radius 1 is 0.618 bits per heavy atom. The van der Waals surface area contributed by atoms with Crippen molar-refractivity contribution in [2.75, 3.05) is 0 Å². The zero-order valence-corrected chi connectivity index (χ0v) is 22.2. The van der Waals surface area contributed by atoms with E-state index in [1.807, 2.05) is 117 Å². The van der Waals surface area contributed by atoms with E-state index in [1.54, 1.807) is 18.3 Å². The fraction of sp³-hybridized carbons (Fsp3) is 0.0714. The molecule has 0 aliphatic rings. The predicted molar refractivity (Wildman–Crippen MR) is 145 cm³/mol. The minimum absolute atomic E-state index is 0. The summed E-state index contributed by atoms with van der Waals surface area (Å²) in [6.07, 6.45) is 1.79. The summed E-state index contributed by atoms with van der Waals surface area (Å²) in [5, 5.41) is 23.2. The van der Waals surface area contributed by atoms with Gasteiger partial charge in [-0.3, -0.25) is 0 Å². The molecule has 6 heteroatoms. The minimum atomic E-state index is 0. The van der Waals surface area contributed by atoms with Crippen molar-refractivity contribution in [3.63, 3.8) is 0 Å². The maximum atomic E-state index is 9.55. The Morgan fingerprint density at radius 2 is 1.06 bits per heavy atom. The molecule has 2 N–H and O–H groups in total. The molecule has 5 rings (SSSR count). The number of pyridine rings is 1. The van der Waals surface area contributed by atoms with Gasteiger partial charge in [0, 0.05) is 10.8 Å². The van der Waals surface area contributed by atoms with Crippen LogP contribution < -0.4 is 0 Å². The molecule has 34 heavy (non-hydrogen) atoms. The average Bonchev–Trinajstić information content (AvgIpc) is 2.81. The van der Waals surface area contributed by atoms with Crippen molar-refractivity contribution in [2.45, 2.75) is 13.8 Å². The van der Waals surface area contributed by atoms with Crippen molar-refractivity contribution in [2.24, 2.45) is 0 Å². The Labute approximate surface area is 224 Å². The Kier molecular flexibility index (Phi) is 12.6. The zero-order valence-electron chi connectivity index (χ0n) is 19.0. The standard InChI is InChI=1S/2C11H10O.C6H5N.2ClH.Ti/c2*1-8-4-2-5-9-6-3-7-10(12)11(8)9;1-6-4-2-3-5-7-6;;;/h2*2-7,12H,1H3;1-5H;2*1H;. The van der Waals surface area contributed by atoms with Crippen molar-refractivity contribution >= 4 is 50.7 Å². The van der Waals surface area contributed by atoms with Crippen molar-refractivity contribution in [1.29, 1.82) is 0 Å². The van der Waals surface area contributed by atoms with Gasteiger partial charge in [-0.15, -0.1) is 24.8 Å². The first-order valence-electron chi connectivity index (χ1n) is 10.3. The first-order valence-corrected chi connectivity index (χ1v) is 11.2. The van der Waals surface area contributed by atoms with Crippen molar-refractivity contribution in [3.8, 4) is 11.5 Å². The van der Waals surface area contributed by atoms with Crippen LogP contribution in [0.4, 0.5) is 0 Å². The third-order valence-electron chi connectivity index (χ3n) is 5.02. The molecule has 0 radical (unpaired) electrons. The van der Waals surface area contributed by atoms with E-state index in [1.165, 1.54) is 0 Å². The third-order valence-corrected chi connectivity index (χ3v) is 5.48. The Morgan fingerprint density at radius 3 is 1.38 bits per heavy atom. The second kappa shape index (κ2) is 14.5. The molecule has 0 bridgehead atoms. The summed E-state index contributed by atoms with van der Waals surface area (Å²) < 4.78 is 1.97. The molecule has 0 saturated carbocycles. The molecule has 0 fully saturated rings. The summed E-state index contributed by atoms with van der Waals surface area (Å²) in [5.74, 6) is 0.733. The zero-order chi connectivity index (χ0) is 22.9. The second-order valence-corrected chi connectivity index (χ2v) is 7.75. The molecular formula is C28H27Cl2NO2Ti. The number of phenols is 2. The van der Waals surface area contributed by atoms with E-state index in [9.17, 15) is 10.2 Å². The number of nitrogens with zero attached hydrogens (tertiary/aromatic N) is 1. The van der Waals surface area contributed by atoms with E-state index in [0.717, 1.165) is 38.4 Å². The number of rotatable bonds is 1. The molecule has 0 saturated heterocycles. The van der Waals surface area contributed by atoms with Crippen molar-refractivity contribution in [3.05, 3.63) is 114 Å². The SMILES string of the molecule is Cc1cccc2cccc(O)c12.Cc1cccc2cccc(O)c12.Cl.Cl.[Ti]=[CH]c1ccccn1. The number of hydrogen-bond acceptors (Lipinski definition) is 3. The van der Waals surface area contributed by atoms with Gasteiger partial charge >= 0.3 is 59.4 Å². The fourth-order valence-corrected chi connectivity index (χ4v) is 3.74. The van der Waals surface area contributed by atoms with E-state index in [0.29, 0.717) is 11.5 Å². The Bertz CT molecular complexity index is 1190. The number of fused-ring (bicyclic) bond motifs is 2. The van der Waals surface area contributed by atoms with Gasteiger partial charge in [-0.25, -0.2) is 0 Å². The van der Waals surface area contributed by atoms with Crippen LogP contribution in [0.1, 0.15) is 16.8 Å². The number of hydrogen-bond donors (Lipinski definition) is 2. The summed E-state index contributed by atoms with van der Waals surface area (Å²) in [7, 11) is 0. The van der Waals surface area contributed by atoms with E-state index in [4.69, 9.17) is 0 Å². The van der Waals surface area contributed by atoms with E-state index >= 15 is 0 Å². The van der Waals surface area contributed by atoms with Gasteiger partial charge in [0.15, 0.2) is 0 Å². The van der Waals surface area contributed by atoms with Crippen LogP contribution in [-0.4, -0.2) is 19.5 Å². The average molecular weight is 528 g/mol. The predicted octanol–water partition coefficient (Wildman–Crippen LogP) is 7.33. The quantitative estimate of drug-likeness (QED) is 0.224. The molecule has 0 aliphatic carbocycles. The summed E-state index contributed by atoms with van der Waals surface area (Å²) in [6.45, 7) is 4.00. The topological polar surface area (TPSA) is 53.4 Å². The molecule has 0 unspecified atom stereocenters. The van der Waals surface area contributed by atoms with Gasteiger partial charge in [-0.05, 0) is 47.9 Å². The number of halogens is 2. The van der Waals surface area contributed by atoms with E-state index < -0.39 is 0 Å². The molecule has 4 aromatic carbocycles. The van der Waals surface area contributed by atoms with Crippen molar-refractivity contribution in [1.82, 2.24) is 4.98 Å². The first-order chi connectivity index (χ1) is 15.5. The number of phenolic OH excluding ortho intramolecular Hbond substituents is 2. The van der Waals surface area contributed by atoms with Gasteiger partial charge in [0.1, 0.15) is 11.5 Å². The van der Waals surface area contributed by atoms with Gasteiger partial charge in [0.2, 0.25) is 0 Å². The number of aromatic hydroxyl groups is 2. The summed E-state index contributed by atoms with van der Waals surface area (Å²) in [6, 6.07) is 29.0. The molecule has 0 atom stereocenters. The molecule has 0 amide bonds.